The highest BCUT2D eigenvalue weighted by Crippen LogP contribution is 2.37. The molecule has 1 atom stereocenters. The molecule has 1 aromatic rings. The number of nitrogens with one attached hydrogen (secondary N) is 1. The minimum absolute atomic E-state index is 0.115. The predicted octanol–water partition coefficient (Wildman–Crippen LogP) is 2.89. The Kier molecular flexibility index (Phi) is 6.17. The number of likely N-dealkylation sites (tertiary alicyclic amines) is 1. The van der Waals surface area contributed by atoms with Gasteiger partial charge in [-0.15, -0.1) is 0 Å². The standard InChI is InChI=1S/C22H31N3O4/c1-5-22(20(27)25(13-15(2)3)21(28)23-22)17-8-10-24(11-9-17)14-16-6-7-18(26)19(12-16)29-4/h6-7,12,17,26H,2,5,8-11,13-14H2,1,3-4H3,(H,23,28). The lowest BCUT2D eigenvalue weighted by Gasteiger charge is -2.40. The van der Waals surface area contributed by atoms with Gasteiger partial charge in [0, 0.05) is 6.54 Å². The van der Waals surface area contributed by atoms with Crippen molar-refractivity contribution in [2.75, 3.05) is 26.7 Å². The summed E-state index contributed by atoms with van der Waals surface area (Å²) in [6, 6.07) is 5.09. The molecule has 2 N–H and O–H groups in total. The maximum Gasteiger partial charge on any atom is 0.325 e. The monoisotopic (exact) mass is 401 g/mol. The molecule has 3 amide bonds. The minimum Gasteiger partial charge on any atom is -0.504 e. The first kappa shape index (κ1) is 21.2. The van der Waals surface area contributed by atoms with Gasteiger partial charge in [-0.3, -0.25) is 14.6 Å². The van der Waals surface area contributed by atoms with Gasteiger partial charge in [0.15, 0.2) is 11.5 Å². The van der Waals surface area contributed by atoms with Crippen LogP contribution in [0, 0.1) is 5.92 Å². The van der Waals surface area contributed by atoms with Crippen molar-refractivity contribution in [3.63, 3.8) is 0 Å². The number of amides is 3. The number of piperidine rings is 1. The molecule has 0 aromatic heterocycles. The highest BCUT2D eigenvalue weighted by atomic mass is 16.5. The Bertz CT molecular complexity index is 801. The van der Waals surface area contributed by atoms with Crippen LogP contribution >= 0.6 is 0 Å². The highest BCUT2D eigenvalue weighted by Gasteiger charge is 2.54. The summed E-state index contributed by atoms with van der Waals surface area (Å²) in [6.45, 7) is 10.3. The summed E-state index contributed by atoms with van der Waals surface area (Å²) < 4.78 is 5.19. The second-order valence-corrected chi connectivity index (χ2v) is 8.16. The molecule has 0 saturated carbocycles. The number of nitrogens with zero attached hydrogens (tertiary/aromatic N) is 2. The van der Waals surface area contributed by atoms with E-state index in [1.54, 1.807) is 13.2 Å². The molecule has 0 spiro atoms. The SMILES string of the molecule is C=C(C)CN1C(=O)NC(CC)(C2CCN(Cc3ccc(O)c(OC)c3)CC2)C1=O. The summed E-state index contributed by atoms with van der Waals surface area (Å²) in [7, 11) is 1.54. The fraction of sp³-hybridized carbons (Fsp3) is 0.545. The van der Waals surface area contributed by atoms with Gasteiger partial charge in [0.1, 0.15) is 5.54 Å². The van der Waals surface area contributed by atoms with Gasteiger partial charge in [-0.25, -0.2) is 4.79 Å². The number of imide groups is 1. The van der Waals surface area contributed by atoms with E-state index in [9.17, 15) is 14.7 Å². The minimum atomic E-state index is -0.805. The quantitative estimate of drug-likeness (QED) is 0.542. The number of aromatic hydroxyl groups is 1. The smallest absolute Gasteiger partial charge is 0.325 e. The van der Waals surface area contributed by atoms with E-state index in [4.69, 9.17) is 4.74 Å². The molecule has 7 heteroatoms. The van der Waals surface area contributed by atoms with Gasteiger partial charge in [0.2, 0.25) is 0 Å². The molecule has 2 heterocycles. The van der Waals surface area contributed by atoms with Gasteiger partial charge in [0.05, 0.1) is 13.7 Å². The molecule has 0 radical (unpaired) electrons. The number of carbonyl (C=O) groups is 2. The van der Waals surface area contributed by atoms with Crippen molar-refractivity contribution in [1.82, 2.24) is 15.1 Å². The Hall–Kier alpha value is -2.54. The van der Waals surface area contributed by atoms with Crippen molar-refractivity contribution >= 4 is 11.9 Å². The van der Waals surface area contributed by atoms with Crippen molar-refractivity contribution in [1.29, 1.82) is 0 Å². The Labute approximate surface area is 172 Å². The number of rotatable bonds is 7. The van der Waals surface area contributed by atoms with E-state index in [1.165, 1.54) is 4.90 Å². The Balaban J connectivity index is 1.65. The van der Waals surface area contributed by atoms with Crippen LogP contribution in [0.25, 0.3) is 0 Å². The molecule has 2 aliphatic heterocycles. The number of phenols is 1. The summed E-state index contributed by atoms with van der Waals surface area (Å²) in [6.07, 6.45) is 2.27. The molecular formula is C22H31N3O4. The molecule has 0 aliphatic carbocycles. The summed E-state index contributed by atoms with van der Waals surface area (Å²) >= 11 is 0. The fourth-order valence-electron chi connectivity index (χ4n) is 4.53. The van der Waals surface area contributed by atoms with Gasteiger partial charge in [-0.2, -0.15) is 0 Å². The van der Waals surface area contributed by atoms with E-state index in [-0.39, 0.29) is 30.2 Å². The maximum atomic E-state index is 13.1. The molecule has 3 rings (SSSR count). The van der Waals surface area contributed by atoms with Gasteiger partial charge in [-0.05, 0) is 62.9 Å². The average molecular weight is 402 g/mol. The van der Waals surface area contributed by atoms with Crippen LogP contribution in [0.5, 0.6) is 11.5 Å². The molecular weight excluding hydrogens is 370 g/mol. The first-order valence-electron chi connectivity index (χ1n) is 10.2. The predicted molar refractivity (Wildman–Crippen MR) is 111 cm³/mol. The van der Waals surface area contributed by atoms with Gasteiger partial charge in [-0.1, -0.05) is 25.1 Å². The van der Waals surface area contributed by atoms with Crippen LogP contribution in [0.3, 0.4) is 0 Å². The van der Waals surface area contributed by atoms with E-state index >= 15 is 0 Å². The first-order chi connectivity index (χ1) is 13.8. The number of carbonyl (C=O) groups excluding carboxylic acids is 2. The zero-order valence-corrected chi connectivity index (χ0v) is 17.5. The Morgan fingerprint density at radius 1 is 1.34 bits per heavy atom. The molecule has 2 fully saturated rings. The second kappa shape index (κ2) is 8.45. The lowest BCUT2D eigenvalue weighted by Crippen LogP contribution is -2.55. The summed E-state index contributed by atoms with van der Waals surface area (Å²) in [5.41, 5.74) is 1.06. The van der Waals surface area contributed by atoms with E-state index < -0.39 is 5.54 Å². The summed E-state index contributed by atoms with van der Waals surface area (Å²) in [4.78, 5) is 29.2. The molecule has 2 aliphatic rings. The third kappa shape index (κ3) is 4.10. The maximum absolute atomic E-state index is 13.1. The fourth-order valence-corrected chi connectivity index (χ4v) is 4.53. The number of hydrogen-bond donors (Lipinski definition) is 2. The number of phenolic OH excluding ortho intramolecular Hbond substituents is 1. The van der Waals surface area contributed by atoms with Crippen LogP contribution < -0.4 is 10.1 Å². The van der Waals surface area contributed by atoms with E-state index in [2.05, 4.69) is 16.8 Å². The molecule has 1 unspecified atom stereocenters. The van der Waals surface area contributed by atoms with Gasteiger partial charge in [0.25, 0.3) is 5.91 Å². The molecule has 0 bridgehead atoms. The molecule has 2 saturated heterocycles. The van der Waals surface area contributed by atoms with Crippen molar-refractivity contribution in [3.05, 3.63) is 35.9 Å². The number of methoxy groups -OCH3 is 1. The number of ether oxygens (including phenoxy) is 1. The van der Waals surface area contributed by atoms with Crippen LogP contribution in [0.2, 0.25) is 0 Å². The Morgan fingerprint density at radius 3 is 2.62 bits per heavy atom. The van der Waals surface area contributed by atoms with Gasteiger partial charge < -0.3 is 15.2 Å². The first-order valence-corrected chi connectivity index (χ1v) is 10.2. The van der Waals surface area contributed by atoms with E-state index in [0.29, 0.717) is 12.2 Å². The zero-order valence-electron chi connectivity index (χ0n) is 17.5. The molecule has 158 valence electrons. The Morgan fingerprint density at radius 2 is 2.03 bits per heavy atom. The van der Waals surface area contributed by atoms with Crippen molar-refractivity contribution in [2.24, 2.45) is 5.92 Å². The van der Waals surface area contributed by atoms with E-state index in [0.717, 1.165) is 43.6 Å². The number of hydrogen-bond acceptors (Lipinski definition) is 5. The normalized spacial score (nSPS) is 23.3. The third-order valence-corrected chi connectivity index (χ3v) is 6.12. The second-order valence-electron chi connectivity index (χ2n) is 8.16. The average Bonchev–Trinajstić information content (AvgIpc) is 2.94. The highest BCUT2D eigenvalue weighted by molar-refractivity contribution is 6.07. The number of benzene rings is 1. The number of urea groups is 1. The summed E-state index contributed by atoms with van der Waals surface area (Å²) in [5, 5.41) is 12.8. The van der Waals surface area contributed by atoms with Crippen molar-refractivity contribution < 1.29 is 19.4 Å². The van der Waals surface area contributed by atoms with Crippen LogP contribution in [0.15, 0.2) is 30.4 Å². The van der Waals surface area contributed by atoms with E-state index in [1.807, 2.05) is 26.0 Å². The topological polar surface area (TPSA) is 82.1 Å². The van der Waals surface area contributed by atoms with Crippen LogP contribution in [0.1, 0.15) is 38.7 Å². The zero-order chi connectivity index (χ0) is 21.2. The van der Waals surface area contributed by atoms with Crippen molar-refractivity contribution in [2.45, 2.75) is 45.2 Å². The van der Waals surface area contributed by atoms with Crippen LogP contribution in [-0.2, 0) is 11.3 Å². The largest absolute Gasteiger partial charge is 0.504 e. The van der Waals surface area contributed by atoms with Crippen LogP contribution in [-0.4, -0.2) is 59.1 Å². The molecule has 7 nitrogen and oxygen atoms in total. The van der Waals surface area contributed by atoms with Gasteiger partial charge >= 0.3 is 6.03 Å². The lowest BCUT2D eigenvalue weighted by molar-refractivity contribution is -0.134. The molecule has 1 aromatic carbocycles. The van der Waals surface area contributed by atoms with Crippen molar-refractivity contribution in [3.8, 4) is 11.5 Å². The third-order valence-electron chi connectivity index (χ3n) is 6.12. The lowest BCUT2D eigenvalue weighted by atomic mass is 9.75. The van der Waals surface area contributed by atoms with Crippen LogP contribution in [0.4, 0.5) is 4.79 Å². The molecule has 29 heavy (non-hydrogen) atoms. The summed E-state index contributed by atoms with van der Waals surface area (Å²) in [5.74, 6) is 0.605.